The van der Waals surface area contributed by atoms with E-state index in [9.17, 15) is 14.7 Å². The summed E-state index contributed by atoms with van der Waals surface area (Å²) in [6.07, 6.45) is 0. The third-order valence-electron chi connectivity index (χ3n) is 3.48. The minimum absolute atomic E-state index is 0.0000437. The van der Waals surface area contributed by atoms with Crippen molar-refractivity contribution in [2.24, 2.45) is 0 Å². The normalized spacial score (nSPS) is 16.9. The Bertz CT molecular complexity index is 830. The molecule has 0 radical (unpaired) electrons. The maximum Gasteiger partial charge on any atom is 0.298 e. The number of halogens is 1. The van der Waals surface area contributed by atoms with E-state index in [1.54, 1.807) is 43.3 Å². The second-order valence-corrected chi connectivity index (χ2v) is 6.39. The summed E-state index contributed by atoms with van der Waals surface area (Å²) in [5, 5.41) is 9.77. The van der Waals surface area contributed by atoms with Gasteiger partial charge in [-0.15, -0.1) is 0 Å². The number of nitrogens with zero attached hydrogens (tertiary/aromatic N) is 1. The highest BCUT2D eigenvalue weighted by atomic mass is 35.5. The van der Waals surface area contributed by atoms with Gasteiger partial charge in [0.05, 0.1) is 10.6 Å². The van der Waals surface area contributed by atoms with Crippen molar-refractivity contribution < 1.29 is 14.7 Å². The highest BCUT2D eigenvalue weighted by Crippen LogP contribution is 2.39. The van der Waals surface area contributed by atoms with Crippen molar-refractivity contribution in [1.29, 1.82) is 0 Å². The lowest BCUT2D eigenvalue weighted by Gasteiger charge is -2.12. The molecule has 116 valence electrons. The molecule has 4 nitrogen and oxygen atoms in total. The molecular formula is C17H12ClNO3S. The average molecular weight is 346 g/mol. The Morgan fingerprint density at radius 3 is 2.48 bits per heavy atom. The van der Waals surface area contributed by atoms with Gasteiger partial charge < -0.3 is 5.11 Å². The van der Waals surface area contributed by atoms with E-state index in [0.717, 1.165) is 22.2 Å². The van der Waals surface area contributed by atoms with Crippen LogP contribution in [0.25, 0.3) is 5.57 Å². The molecule has 0 aromatic heterocycles. The van der Waals surface area contributed by atoms with Gasteiger partial charge in [0.1, 0.15) is 5.75 Å². The fourth-order valence-electron chi connectivity index (χ4n) is 2.28. The van der Waals surface area contributed by atoms with Crippen LogP contribution in [0.2, 0.25) is 5.02 Å². The van der Waals surface area contributed by atoms with Gasteiger partial charge in [-0.1, -0.05) is 29.8 Å². The van der Waals surface area contributed by atoms with Crippen LogP contribution in [0.5, 0.6) is 5.75 Å². The van der Waals surface area contributed by atoms with E-state index in [0.29, 0.717) is 21.2 Å². The fourth-order valence-corrected chi connectivity index (χ4v) is 3.31. The van der Waals surface area contributed by atoms with Gasteiger partial charge in [0.2, 0.25) is 0 Å². The first-order valence-corrected chi connectivity index (χ1v) is 7.99. The third-order valence-corrected chi connectivity index (χ3v) is 4.77. The second-order valence-electron chi connectivity index (χ2n) is 4.99. The van der Waals surface area contributed by atoms with E-state index < -0.39 is 5.91 Å². The Hall–Kier alpha value is -2.24. The van der Waals surface area contributed by atoms with Crippen LogP contribution >= 0.6 is 23.4 Å². The zero-order chi connectivity index (χ0) is 16.6. The SMILES string of the molecule is C/C(=C1/SC(=O)N(c2cccc(O)c2)C1=O)c1ccc(Cl)cc1. The molecular weight excluding hydrogens is 334 g/mol. The number of amides is 2. The number of rotatable bonds is 2. The number of phenols is 1. The van der Waals surface area contributed by atoms with E-state index in [-0.39, 0.29) is 11.0 Å². The molecule has 2 aromatic rings. The number of carbonyl (C=O) groups is 2. The minimum atomic E-state index is -0.391. The number of imide groups is 1. The molecule has 6 heteroatoms. The largest absolute Gasteiger partial charge is 0.508 e. The standard InChI is InChI=1S/C17H12ClNO3S/c1-10(11-5-7-12(18)8-6-11)15-16(21)19(17(22)23-15)13-3-2-4-14(20)9-13/h2-9,20H,1H3/b15-10-. The van der Waals surface area contributed by atoms with Crippen LogP contribution in [0, 0.1) is 0 Å². The molecule has 1 saturated heterocycles. The number of hydrogen-bond donors (Lipinski definition) is 1. The van der Waals surface area contributed by atoms with Gasteiger partial charge in [0.15, 0.2) is 0 Å². The van der Waals surface area contributed by atoms with Crippen LogP contribution < -0.4 is 4.90 Å². The predicted octanol–water partition coefficient (Wildman–Crippen LogP) is 4.68. The molecule has 2 amide bonds. The first-order chi connectivity index (χ1) is 11.0. The van der Waals surface area contributed by atoms with E-state index in [1.807, 2.05) is 0 Å². The minimum Gasteiger partial charge on any atom is -0.508 e. The summed E-state index contributed by atoms with van der Waals surface area (Å²) in [7, 11) is 0. The zero-order valence-electron chi connectivity index (χ0n) is 12.1. The molecule has 1 aliphatic rings. The molecule has 0 spiro atoms. The van der Waals surface area contributed by atoms with E-state index in [2.05, 4.69) is 0 Å². The highest BCUT2D eigenvalue weighted by Gasteiger charge is 2.37. The summed E-state index contributed by atoms with van der Waals surface area (Å²) in [5.74, 6) is -0.391. The van der Waals surface area contributed by atoms with Gasteiger partial charge >= 0.3 is 0 Å². The molecule has 0 aliphatic carbocycles. The first kappa shape index (κ1) is 15.6. The lowest BCUT2D eigenvalue weighted by molar-refractivity contribution is -0.113. The number of hydrogen-bond acceptors (Lipinski definition) is 4. The average Bonchev–Trinajstić information content (AvgIpc) is 2.82. The lowest BCUT2D eigenvalue weighted by Crippen LogP contribution is -2.27. The number of anilines is 1. The van der Waals surface area contributed by atoms with Crippen LogP contribution in [-0.2, 0) is 4.79 Å². The van der Waals surface area contributed by atoms with Gasteiger partial charge in [-0.05, 0) is 54.1 Å². The van der Waals surface area contributed by atoms with Crippen LogP contribution in [0.3, 0.4) is 0 Å². The highest BCUT2D eigenvalue weighted by molar-refractivity contribution is 8.19. The monoisotopic (exact) mass is 345 g/mol. The maximum atomic E-state index is 12.6. The van der Waals surface area contributed by atoms with Crippen LogP contribution in [0.4, 0.5) is 10.5 Å². The number of aromatic hydroxyl groups is 1. The Morgan fingerprint density at radius 1 is 1.13 bits per heavy atom. The van der Waals surface area contributed by atoms with Crippen LogP contribution in [0.15, 0.2) is 53.4 Å². The van der Waals surface area contributed by atoms with E-state index >= 15 is 0 Å². The molecule has 1 fully saturated rings. The molecule has 3 rings (SSSR count). The quantitative estimate of drug-likeness (QED) is 0.803. The van der Waals surface area contributed by atoms with Crippen molar-refractivity contribution in [2.45, 2.75) is 6.92 Å². The molecule has 0 unspecified atom stereocenters. The van der Waals surface area contributed by atoms with Gasteiger partial charge in [-0.3, -0.25) is 9.59 Å². The van der Waals surface area contributed by atoms with Crippen LogP contribution in [-0.4, -0.2) is 16.3 Å². The molecule has 1 heterocycles. The predicted molar refractivity (Wildman–Crippen MR) is 92.6 cm³/mol. The molecule has 0 saturated carbocycles. The summed E-state index contributed by atoms with van der Waals surface area (Å²) in [5.41, 5.74) is 1.90. The number of phenolic OH excluding ortho intramolecular Hbond substituents is 1. The van der Waals surface area contributed by atoms with Crippen LogP contribution in [0.1, 0.15) is 12.5 Å². The van der Waals surface area contributed by atoms with E-state index in [1.165, 1.54) is 12.1 Å². The molecule has 1 aliphatic heterocycles. The van der Waals surface area contributed by atoms with Crippen molar-refractivity contribution >= 4 is 45.8 Å². The maximum absolute atomic E-state index is 12.6. The molecule has 0 bridgehead atoms. The summed E-state index contributed by atoms with van der Waals surface area (Å²) in [6, 6.07) is 13.1. The van der Waals surface area contributed by atoms with Gasteiger partial charge in [0, 0.05) is 11.1 Å². The smallest absolute Gasteiger partial charge is 0.298 e. The summed E-state index contributed by atoms with van der Waals surface area (Å²) < 4.78 is 0. The lowest BCUT2D eigenvalue weighted by atomic mass is 10.1. The van der Waals surface area contributed by atoms with Crippen molar-refractivity contribution in [2.75, 3.05) is 4.90 Å². The summed E-state index contributed by atoms with van der Waals surface area (Å²) in [4.78, 5) is 26.3. The number of thioether (sulfide) groups is 1. The number of carbonyl (C=O) groups excluding carboxylic acids is 2. The molecule has 2 aromatic carbocycles. The van der Waals surface area contributed by atoms with Gasteiger partial charge in [-0.25, -0.2) is 4.90 Å². The summed E-state index contributed by atoms with van der Waals surface area (Å²) >= 11 is 6.76. The van der Waals surface area contributed by atoms with Gasteiger partial charge in [0.25, 0.3) is 11.1 Å². The number of benzene rings is 2. The molecule has 1 N–H and O–H groups in total. The van der Waals surface area contributed by atoms with Crippen molar-refractivity contribution in [3.05, 3.63) is 64.0 Å². The first-order valence-electron chi connectivity index (χ1n) is 6.79. The third kappa shape index (κ3) is 2.98. The fraction of sp³-hybridized carbons (Fsp3) is 0.0588. The second kappa shape index (κ2) is 6.10. The van der Waals surface area contributed by atoms with Gasteiger partial charge in [-0.2, -0.15) is 0 Å². The van der Waals surface area contributed by atoms with Crippen molar-refractivity contribution in [1.82, 2.24) is 0 Å². The van der Waals surface area contributed by atoms with Crippen molar-refractivity contribution in [3.8, 4) is 5.75 Å². The molecule has 0 atom stereocenters. The number of allylic oxidation sites excluding steroid dienone is 1. The topological polar surface area (TPSA) is 57.6 Å². The summed E-state index contributed by atoms with van der Waals surface area (Å²) in [6.45, 7) is 1.79. The Morgan fingerprint density at radius 2 is 1.83 bits per heavy atom. The Labute approximate surface area is 142 Å². The Kier molecular flexibility index (Phi) is 4.15. The van der Waals surface area contributed by atoms with E-state index in [4.69, 9.17) is 11.6 Å². The zero-order valence-corrected chi connectivity index (χ0v) is 13.7. The molecule has 23 heavy (non-hydrogen) atoms. The van der Waals surface area contributed by atoms with Crippen molar-refractivity contribution in [3.63, 3.8) is 0 Å². The Balaban J connectivity index is 2.00.